The number of rotatable bonds is 1. The van der Waals surface area contributed by atoms with Crippen molar-refractivity contribution in [2.45, 2.75) is 25.0 Å². The summed E-state index contributed by atoms with van der Waals surface area (Å²) in [4.78, 5) is 0. The van der Waals surface area contributed by atoms with E-state index in [0.29, 0.717) is 13.0 Å². The molecular formula is C11H11ClF2O2. The Labute approximate surface area is 96.8 Å². The van der Waals surface area contributed by atoms with Crippen LogP contribution in [0, 0.1) is 11.6 Å². The lowest BCUT2D eigenvalue weighted by Crippen LogP contribution is -2.24. The summed E-state index contributed by atoms with van der Waals surface area (Å²) in [6.07, 6.45) is -0.491. The van der Waals surface area contributed by atoms with Gasteiger partial charge in [-0.15, -0.1) is 0 Å². The van der Waals surface area contributed by atoms with Crippen LogP contribution in [0.1, 0.15) is 24.5 Å². The van der Waals surface area contributed by atoms with E-state index >= 15 is 0 Å². The van der Waals surface area contributed by atoms with Crippen molar-refractivity contribution in [2.75, 3.05) is 6.61 Å². The molecule has 5 heteroatoms. The molecule has 0 aliphatic carbocycles. The minimum atomic E-state index is -0.679. The lowest BCUT2D eigenvalue weighted by molar-refractivity contribution is -0.0462. The number of hydrogen-bond acceptors (Lipinski definition) is 2. The van der Waals surface area contributed by atoms with Crippen molar-refractivity contribution in [1.82, 2.24) is 0 Å². The van der Waals surface area contributed by atoms with Crippen molar-refractivity contribution in [3.63, 3.8) is 0 Å². The highest BCUT2D eigenvalue weighted by Gasteiger charge is 2.27. The second-order valence-electron chi connectivity index (χ2n) is 3.79. The summed E-state index contributed by atoms with van der Waals surface area (Å²) in [6.45, 7) is 0.318. The van der Waals surface area contributed by atoms with E-state index in [4.69, 9.17) is 16.3 Å². The van der Waals surface area contributed by atoms with Crippen LogP contribution in [0.15, 0.2) is 12.1 Å². The lowest BCUT2D eigenvalue weighted by Gasteiger charge is -2.27. The molecule has 1 aromatic rings. The Morgan fingerprint density at radius 1 is 1.31 bits per heavy atom. The molecule has 1 aromatic carbocycles. The molecule has 2 nitrogen and oxygen atoms in total. The van der Waals surface area contributed by atoms with E-state index in [9.17, 15) is 13.9 Å². The van der Waals surface area contributed by atoms with Gasteiger partial charge in [-0.05, 0) is 18.6 Å². The summed E-state index contributed by atoms with van der Waals surface area (Å²) in [5.74, 6) is -1.28. The summed E-state index contributed by atoms with van der Waals surface area (Å²) >= 11 is 5.70. The monoisotopic (exact) mass is 248 g/mol. The number of aliphatic hydroxyl groups is 1. The smallest absolute Gasteiger partial charge is 0.142 e. The van der Waals surface area contributed by atoms with Gasteiger partial charge in [-0.1, -0.05) is 11.6 Å². The van der Waals surface area contributed by atoms with E-state index in [-0.39, 0.29) is 17.0 Å². The third-order valence-corrected chi connectivity index (χ3v) is 3.04. The average molecular weight is 249 g/mol. The van der Waals surface area contributed by atoms with Gasteiger partial charge in [0.05, 0.1) is 17.2 Å². The standard InChI is InChI=1S/C11H11ClF2O2/c12-11-8(14)2-1-7(13)10(11)9-5-6(15)3-4-16-9/h1-2,6,9,15H,3-5H2. The van der Waals surface area contributed by atoms with Gasteiger partial charge >= 0.3 is 0 Å². The molecule has 0 aromatic heterocycles. The van der Waals surface area contributed by atoms with Crippen molar-refractivity contribution >= 4 is 11.6 Å². The SMILES string of the molecule is OC1CCOC(c2c(F)ccc(F)c2Cl)C1. The van der Waals surface area contributed by atoms with Crippen molar-refractivity contribution in [2.24, 2.45) is 0 Å². The van der Waals surface area contributed by atoms with Gasteiger partial charge in [0.1, 0.15) is 11.6 Å². The minimum Gasteiger partial charge on any atom is -0.393 e. The maximum Gasteiger partial charge on any atom is 0.142 e. The first kappa shape index (κ1) is 11.8. The third-order valence-electron chi connectivity index (χ3n) is 2.66. The number of benzene rings is 1. The van der Waals surface area contributed by atoms with Crippen LogP contribution in [0.2, 0.25) is 5.02 Å². The Hall–Kier alpha value is -0.710. The molecule has 0 saturated carbocycles. The summed E-state index contributed by atoms with van der Waals surface area (Å²) in [5.41, 5.74) is 0.000386. The Morgan fingerprint density at radius 3 is 2.69 bits per heavy atom. The van der Waals surface area contributed by atoms with Crippen molar-refractivity contribution in [1.29, 1.82) is 0 Å². The second kappa shape index (κ2) is 4.65. The molecule has 2 unspecified atom stereocenters. The molecule has 1 fully saturated rings. The topological polar surface area (TPSA) is 29.5 Å². The second-order valence-corrected chi connectivity index (χ2v) is 4.17. The molecule has 1 heterocycles. The molecule has 0 bridgehead atoms. The molecule has 0 spiro atoms. The first-order valence-electron chi connectivity index (χ1n) is 5.02. The van der Waals surface area contributed by atoms with Crippen LogP contribution in [0.4, 0.5) is 8.78 Å². The first-order chi connectivity index (χ1) is 7.59. The number of hydrogen-bond donors (Lipinski definition) is 1. The van der Waals surface area contributed by atoms with E-state index < -0.39 is 23.8 Å². The fourth-order valence-electron chi connectivity index (χ4n) is 1.82. The minimum absolute atomic E-state index is 0.000386. The van der Waals surface area contributed by atoms with Gasteiger partial charge in [0.2, 0.25) is 0 Å². The van der Waals surface area contributed by atoms with Crippen LogP contribution in [-0.2, 0) is 4.74 Å². The van der Waals surface area contributed by atoms with E-state index in [0.717, 1.165) is 12.1 Å². The van der Waals surface area contributed by atoms with Crippen LogP contribution >= 0.6 is 11.6 Å². The highest BCUT2D eigenvalue weighted by molar-refractivity contribution is 6.31. The Bertz CT molecular complexity index is 398. The van der Waals surface area contributed by atoms with Crippen molar-refractivity contribution in [3.05, 3.63) is 34.4 Å². The third kappa shape index (κ3) is 2.19. The van der Waals surface area contributed by atoms with E-state index in [1.807, 2.05) is 0 Å². The number of aliphatic hydroxyl groups excluding tert-OH is 1. The fraction of sp³-hybridized carbons (Fsp3) is 0.455. The zero-order chi connectivity index (χ0) is 11.7. The van der Waals surface area contributed by atoms with Crippen LogP contribution in [-0.4, -0.2) is 17.8 Å². The predicted octanol–water partition coefficient (Wildman–Crippen LogP) is 2.83. The zero-order valence-corrected chi connectivity index (χ0v) is 9.18. The molecule has 2 atom stereocenters. The molecule has 1 aliphatic rings. The van der Waals surface area contributed by atoms with Crippen LogP contribution in [0.5, 0.6) is 0 Å². The Morgan fingerprint density at radius 2 is 2.00 bits per heavy atom. The fourth-order valence-corrected chi connectivity index (χ4v) is 2.09. The number of halogens is 3. The summed E-state index contributed by atoms with van der Waals surface area (Å²) < 4.78 is 32.0. The normalized spacial score (nSPS) is 25.8. The Balaban J connectivity index is 2.35. The molecule has 0 amide bonds. The number of ether oxygens (including phenoxy) is 1. The maximum atomic E-state index is 13.5. The van der Waals surface area contributed by atoms with Gasteiger partial charge < -0.3 is 9.84 Å². The van der Waals surface area contributed by atoms with Crippen LogP contribution < -0.4 is 0 Å². The van der Waals surface area contributed by atoms with E-state index in [1.165, 1.54) is 0 Å². The van der Waals surface area contributed by atoms with Gasteiger partial charge in [-0.25, -0.2) is 8.78 Å². The zero-order valence-electron chi connectivity index (χ0n) is 8.42. The lowest BCUT2D eigenvalue weighted by atomic mass is 9.99. The predicted molar refractivity (Wildman–Crippen MR) is 55.3 cm³/mol. The largest absolute Gasteiger partial charge is 0.393 e. The van der Waals surface area contributed by atoms with Gasteiger partial charge in [-0.2, -0.15) is 0 Å². The molecule has 88 valence electrons. The van der Waals surface area contributed by atoms with Gasteiger partial charge in [0.15, 0.2) is 0 Å². The molecule has 2 rings (SSSR count). The summed E-state index contributed by atoms with van der Waals surface area (Å²) in [5, 5.41) is 9.19. The highest BCUT2D eigenvalue weighted by atomic mass is 35.5. The average Bonchev–Trinajstić information content (AvgIpc) is 2.24. The quantitative estimate of drug-likeness (QED) is 0.775. The summed E-state index contributed by atoms with van der Waals surface area (Å²) in [6, 6.07) is 1.99. The van der Waals surface area contributed by atoms with Crippen LogP contribution in [0.3, 0.4) is 0 Å². The molecular weight excluding hydrogens is 238 g/mol. The Kier molecular flexibility index (Phi) is 3.42. The molecule has 1 saturated heterocycles. The molecule has 16 heavy (non-hydrogen) atoms. The van der Waals surface area contributed by atoms with Gasteiger partial charge in [-0.3, -0.25) is 0 Å². The summed E-state index contributed by atoms with van der Waals surface area (Å²) in [7, 11) is 0. The van der Waals surface area contributed by atoms with Gasteiger partial charge in [0.25, 0.3) is 0 Å². The molecule has 1 aliphatic heterocycles. The molecule has 0 radical (unpaired) electrons. The van der Waals surface area contributed by atoms with Crippen molar-refractivity contribution in [3.8, 4) is 0 Å². The van der Waals surface area contributed by atoms with Crippen LogP contribution in [0.25, 0.3) is 0 Å². The first-order valence-corrected chi connectivity index (χ1v) is 5.40. The van der Waals surface area contributed by atoms with E-state index in [2.05, 4.69) is 0 Å². The highest BCUT2D eigenvalue weighted by Crippen LogP contribution is 2.35. The maximum absolute atomic E-state index is 13.5. The van der Waals surface area contributed by atoms with Crippen molar-refractivity contribution < 1.29 is 18.6 Å². The van der Waals surface area contributed by atoms with E-state index in [1.54, 1.807) is 0 Å². The molecule has 1 N–H and O–H groups in total. The van der Waals surface area contributed by atoms with Gasteiger partial charge in [0, 0.05) is 18.6 Å².